The van der Waals surface area contributed by atoms with Gasteiger partial charge in [-0.15, -0.1) is 0 Å². The van der Waals surface area contributed by atoms with Gasteiger partial charge >= 0.3 is 0 Å². The Hall–Kier alpha value is -0.760. The summed E-state index contributed by atoms with van der Waals surface area (Å²) in [7, 11) is 0. The first-order chi connectivity index (χ1) is 7.27. The van der Waals surface area contributed by atoms with Crippen molar-refractivity contribution >= 4 is 11.6 Å². The first kappa shape index (κ1) is 12.3. The van der Waals surface area contributed by atoms with E-state index in [9.17, 15) is 0 Å². The van der Waals surface area contributed by atoms with E-state index in [1.807, 2.05) is 12.3 Å². The van der Waals surface area contributed by atoms with E-state index in [-0.39, 0.29) is 0 Å². The molecule has 2 nitrogen and oxygen atoms in total. The third-order valence-electron chi connectivity index (χ3n) is 2.17. The highest BCUT2D eigenvalue weighted by Crippen LogP contribution is 2.23. The Labute approximate surface area is 96.6 Å². The second-order valence-electron chi connectivity index (χ2n) is 3.57. The maximum absolute atomic E-state index is 5.84. The summed E-state index contributed by atoms with van der Waals surface area (Å²) in [4.78, 5) is 4.09. The van der Waals surface area contributed by atoms with Crippen LogP contribution >= 0.6 is 11.6 Å². The molecule has 1 rings (SSSR count). The van der Waals surface area contributed by atoms with Crippen molar-refractivity contribution < 1.29 is 4.74 Å². The SMILES string of the molecule is CCCCc1cnc(Cl)cc1OCCC. The highest BCUT2D eigenvalue weighted by Gasteiger charge is 2.05. The Morgan fingerprint density at radius 2 is 2.13 bits per heavy atom. The molecular weight excluding hydrogens is 210 g/mol. The van der Waals surface area contributed by atoms with Crippen LogP contribution in [0.2, 0.25) is 5.15 Å². The van der Waals surface area contributed by atoms with Gasteiger partial charge in [0.05, 0.1) is 6.61 Å². The Morgan fingerprint density at radius 1 is 1.33 bits per heavy atom. The van der Waals surface area contributed by atoms with Crippen LogP contribution in [0.5, 0.6) is 5.75 Å². The maximum Gasteiger partial charge on any atom is 0.132 e. The quantitative estimate of drug-likeness (QED) is 0.689. The molecule has 84 valence electrons. The van der Waals surface area contributed by atoms with E-state index in [4.69, 9.17) is 16.3 Å². The third kappa shape index (κ3) is 4.08. The second kappa shape index (κ2) is 6.67. The lowest BCUT2D eigenvalue weighted by Gasteiger charge is -2.10. The van der Waals surface area contributed by atoms with Crippen LogP contribution in [-0.2, 0) is 6.42 Å². The van der Waals surface area contributed by atoms with Crippen molar-refractivity contribution in [3.63, 3.8) is 0 Å². The molecule has 3 heteroatoms. The molecule has 0 aromatic carbocycles. The zero-order valence-electron chi connectivity index (χ0n) is 9.42. The van der Waals surface area contributed by atoms with Crippen LogP contribution in [0.15, 0.2) is 12.3 Å². The molecule has 0 unspecified atom stereocenters. The Morgan fingerprint density at radius 3 is 2.80 bits per heavy atom. The second-order valence-corrected chi connectivity index (χ2v) is 3.95. The number of unbranched alkanes of at least 4 members (excludes halogenated alkanes) is 1. The van der Waals surface area contributed by atoms with Crippen LogP contribution in [0, 0.1) is 0 Å². The summed E-state index contributed by atoms with van der Waals surface area (Å²) in [5.74, 6) is 0.894. The molecule has 0 aliphatic carbocycles. The molecule has 0 N–H and O–H groups in total. The van der Waals surface area contributed by atoms with Crippen molar-refractivity contribution in [2.75, 3.05) is 6.61 Å². The first-order valence-electron chi connectivity index (χ1n) is 5.55. The summed E-state index contributed by atoms with van der Waals surface area (Å²) in [6, 6.07) is 1.81. The zero-order chi connectivity index (χ0) is 11.1. The van der Waals surface area contributed by atoms with E-state index >= 15 is 0 Å². The van der Waals surface area contributed by atoms with E-state index in [2.05, 4.69) is 18.8 Å². The number of aromatic nitrogens is 1. The van der Waals surface area contributed by atoms with Crippen LogP contribution in [0.4, 0.5) is 0 Å². The van der Waals surface area contributed by atoms with Gasteiger partial charge in [0.25, 0.3) is 0 Å². The molecule has 0 aliphatic rings. The summed E-state index contributed by atoms with van der Waals surface area (Å²) in [6.45, 7) is 5.00. The van der Waals surface area contributed by atoms with Gasteiger partial charge in [-0.1, -0.05) is 31.9 Å². The summed E-state index contributed by atoms with van der Waals surface area (Å²) < 4.78 is 5.64. The molecule has 1 aromatic heterocycles. The van der Waals surface area contributed by atoms with E-state index in [0.29, 0.717) is 5.15 Å². The van der Waals surface area contributed by atoms with E-state index in [1.54, 1.807) is 0 Å². The van der Waals surface area contributed by atoms with E-state index in [1.165, 1.54) is 6.42 Å². The van der Waals surface area contributed by atoms with Gasteiger partial charge in [0.1, 0.15) is 10.9 Å². The van der Waals surface area contributed by atoms with E-state index < -0.39 is 0 Å². The highest BCUT2D eigenvalue weighted by molar-refractivity contribution is 6.29. The predicted molar refractivity (Wildman–Crippen MR) is 63.6 cm³/mol. The minimum absolute atomic E-state index is 0.501. The van der Waals surface area contributed by atoms with Crippen molar-refractivity contribution in [1.82, 2.24) is 4.98 Å². The lowest BCUT2D eigenvalue weighted by Crippen LogP contribution is -2.00. The number of rotatable bonds is 6. The van der Waals surface area contributed by atoms with Crippen LogP contribution in [0.25, 0.3) is 0 Å². The maximum atomic E-state index is 5.84. The third-order valence-corrected chi connectivity index (χ3v) is 2.38. The fraction of sp³-hybridized carbons (Fsp3) is 0.583. The lowest BCUT2D eigenvalue weighted by atomic mass is 10.1. The molecule has 0 atom stereocenters. The lowest BCUT2D eigenvalue weighted by molar-refractivity contribution is 0.313. The number of halogens is 1. The van der Waals surface area contributed by atoms with Gasteiger partial charge in [-0.05, 0) is 19.3 Å². The Kier molecular flexibility index (Phi) is 5.48. The zero-order valence-corrected chi connectivity index (χ0v) is 10.2. The fourth-order valence-electron chi connectivity index (χ4n) is 1.34. The van der Waals surface area contributed by atoms with Crippen molar-refractivity contribution in [2.45, 2.75) is 39.5 Å². The normalized spacial score (nSPS) is 10.3. The fourth-order valence-corrected chi connectivity index (χ4v) is 1.49. The Bertz CT molecular complexity index is 302. The van der Waals surface area contributed by atoms with Crippen molar-refractivity contribution in [3.8, 4) is 5.75 Å². The number of ether oxygens (including phenoxy) is 1. The predicted octanol–water partition coefficient (Wildman–Crippen LogP) is 3.87. The minimum atomic E-state index is 0.501. The van der Waals surface area contributed by atoms with Gasteiger partial charge in [0.15, 0.2) is 0 Å². The Balaban J connectivity index is 2.73. The molecule has 0 fully saturated rings. The number of nitrogens with zero attached hydrogens (tertiary/aromatic N) is 1. The molecule has 0 radical (unpaired) electrons. The average Bonchev–Trinajstić information content (AvgIpc) is 2.25. The molecular formula is C12H18ClNO. The van der Waals surface area contributed by atoms with E-state index in [0.717, 1.165) is 37.2 Å². The smallest absolute Gasteiger partial charge is 0.132 e. The monoisotopic (exact) mass is 227 g/mol. The topological polar surface area (TPSA) is 22.1 Å². The largest absolute Gasteiger partial charge is 0.493 e. The van der Waals surface area contributed by atoms with Gasteiger partial charge in [0.2, 0.25) is 0 Å². The minimum Gasteiger partial charge on any atom is -0.493 e. The molecule has 0 aliphatic heterocycles. The molecule has 1 aromatic rings. The van der Waals surface area contributed by atoms with Gasteiger partial charge < -0.3 is 4.74 Å². The summed E-state index contributed by atoms with van der Waals surface area (Å²) in [6.07, 6.45) is 6.18. The first-order valence-corrected chi connectivity index (χ1v) is 5.93. The van der Waals surface area contributed by atoms with Crippen molar-refractivity contribution in [1.29, 1.82) is 0 Å². The summed E-state index contributed by atoms with van der Waals surface area (Å²) in [5, 5.41) is 0.501. The van der Waals surface area contributed by atoms with Crippen molar-refractivity contribution in [2.24, 2.45) is 0 Å². The number of aryl methyl sites for hydroxylation is 1. The average molecular weight is 228 g/mol. The number of hydrogen-bond donors (Lipinski definition) is 0. The molecule has 0 bridgehead atoms. The molecule has 15 heavy (non-hydrogen) atoms. The molecule has 0 saturated carbocycles. The summed E-state index contributed by atoms with van der Waals surface area (Å²) in [5.41, 5.74) is 1.16. The van der Waals surface area contributed by atoms with Gasteiger partial charge in [0, 0.05) is 17.8 Å². The van der Waals surface area contributed by atoms with Crippen LogP contribution in [-0.4, -0.2) is 11.6 Å². The number of pyridine rings is 1. The van der Waals surface area contributed by atoms with Gasteiger partial charge in [-0.3, -0.25) is 0 Å². The molecule has 0 saturated heterocycles. The van der Waals surface area contributed by atoms with Crippen LogP contribution in [0.3, 0.4) is 0 Å². The molecule has 0 spiro atoms. The van der Waals surface area contributed by atoms with Crippen LogP contribution in [0.1, 0.15) is 38.7 Å². The van der Waals surface area contributed by atoms with Gasteiger partial charge in [-0.25, -0.2) is 4.98 Å². The van der Waals surface area contributed by atoms with Gasteiger partial charge in [-0.2, -0.15) is 0 Å². The van der Waals surface area contributed by atoms with Crippen LogP contribution < -0.4 is 4.74 Å². The highest BCUT2D eigenvalue weighted by atomic mass is 35.5. The molecule has 0 amide bonds. The number of hydrogen-bond acceptors (Lipinski definition) is 2. The standard InChI is InChI=1S/C12H18ClNO/c1-3-5-6-10-9-14-12(13)8-11(10)15-7-4-2/h8-9H,3-7H2,1-2H3. The summed E-state index contributed by atoms with van der Waals surface area (Å²) >= 11 is 5.84. The van der Waals surface area contributed by atoms with Crippen molar-refractivity contribution in [3.05, 3.63) is 23.0 Å². The molecule has 1 heterocycles.